The van der Waals surface area contributed by atoms with Crippen molar-refractivity contribution in [2.45, 2.75) is 38.6 Å². The maximum absolute atomic E-state index is 13.5. The summed E-state index contributed by atoms with van der Waals surface area (Å²) in [5.74, 6) is 5.17. The summed E-state index contributed by atoms with van der Waals surface area (Å²) in [4.78, 5) is 12.9. The molecule has 1 unspecified atom stereocenters. The van der Waals surface area contributed by atoms with E-state index in [0.717, 1.165) is 30.4 Å². The largest absolute Gasteiger partial charge is 0.481 e. The molecule has 1 N–H and O–H groups in total. The molecule has 140 valence electrons. The third-order valence-corrected chi connectivity index (χ3v) is 5.10. The van der Waals surface area contributed by atoms with Gasteiger partial charge in [-0.1, -0.05) is 17.9 Å². The molecule has 4 heteroatoms. The predicted octanol–water partition coefficient (Wildman–Crippen LogP) is 3.80. The highest BCUT2D eigenvalue weighted by Crippen LogP contribution is 2.25. The van der Waals surface area contributed by atoms with Crippen LogP contribution in [-0.2, 0) is 17.6 Å². The number of aryl methyl sites for hydroxylation is 2. The minimum atomic E-state index is -0.755. The summed E-state index contributed by atoms with van der Waals surface area (Å²) in [6.45, 7) is 2.43. The highest BCUT2D eigenvalue weighted by molar-refractivity contribution is 5.66. The lowest BCUT2D eigenvalue weighted by molar-refractivity contribution is -0.137. The molecule has 0 aromatic heterocycles. The Labute approximate surface area is 159 Å². The minimum absolute atomic E-state index is 0.175. The number of carboxylic acid groups (broad SMARTS) is 1. The van der Waals surface area contributed by atoms with Crippen molar-refractivity contribution in [3.63, 3.8) is 0 Å². The van der Waals surface area contributed by atoms with Crippen LogP contribution in [0.1, 0.15) is 40.7 Å². The topological polar surface area (TPSA) is 40.5 Å². The summed E-state index contributed by atoms with van der Waals surface area (Å²) >= 11 is 0. The van der Waals surface area contributed by atoms with E-state index in [1.165, 1.54) is 23.3 Å². The van der Waals surface area contributed by atoms with Gasteiger partial charge in [0.15, 0.2) is 0 Å². The van der Waals surface area contributed by atoms with Gasteiger partial charge in [-0.05, 0) is 80.3 Å². The van der Waals surface area contributed by atoms with Gasteiger partial charge < -0.3 is 10.0 Å². The lowest BCUT2D eigenvalue weighted by atomic mass is 9.86. The molecule has 0 aliphatic heterocycles. The van der Waals surface area contributed by atoms with Crippen LogP contribution in [0.25, 0.3) is 0 Å². The van der Waals surface area contributed by atoms with Crippen molar-refractivity contribution >= 4 is 5.97 Å². The standard InChI is InChI=1S/C23H24FNO2/c1-16-11-18(14-21(24)12-16)4-3-17-5-6-20-15-22(8-7-19(20)13-17)25(2)10-9-23(26)27/h5-6,11-14,22H,7-10,15H2,1-2H3,(H,26,27). The summed E-state index contributed by atoms with van der Waals surface area (Å²) < 4.78 is 13.5. The van der Waals surface area contributed by atoms with Crippen LogP contribution in [0.3, 0.4) is 0 Å². The van der Waals surface area contributed by atoms with Crippen LogP contribution in [0.5, 0.6) is 0 Å². The number of carboxylic acids is 1. The van der Waals surface area contributed by atoms with Gasteiger partial charge in [0.05, 0.1) is 6.42 Å². The molecule has 3 rings (SSSR count). The molecule has 1 aliphatic rings. The fourth-order valence-corrected chi connectivity index (χ4v) is 3.60. The Morgan fingerprint density at radius 3 is 2.70 bits per heavy atom. The van der Waals surface area contributed by atoms with Gasteiger partial charge in [0, 0.05) is 23.7 Å². The number of fused-ring (bicyclic) bond motifs is 1. The third-order valence-electron chi connectivity index (χ3n) is 5.10. The predicted molar refractivity (Wildman–Crippen MR) is 104 cm³/mol. The van der Waals surface area contributed by atoms with E-state index < -0.39 is 5.97 Å². The zero-order chi connectivity index (χ0) is 19.4. The van der Waals surface area contributed by atoms with Crippen LogP contribution >= 0.6 is 0 Å². The van der Waals surface area contributed by atoms with Crippen LogP contribution < -0.4 is 0 Å². The molecule has 0 spiro atoms. The van der Waals surface area contributed by atoms with Gasteiger partial charge in [0.2, 0.25) is 0 Å². The van der Waals surface area contributed by atoms with Crippen molar-refractivity contribution < 1.29 is 14.3 Å². The second kappa shape index (κ2) is 8.37. The molecular weight excluding hydrogens is 341 g/mol. The molecule has 0 heterocycles. The maximum Gasteiger partial charge on any atom is 0.304 e. The van der Waals surface area contributed by atoms with Crippen molar-refractivity contribution in [1.29, 1.82) is 0 Å². The molecule has 1 aliphatic carbocycles. The average Bonchev–Trinajstić information content (AvgIpc) is 2.63. The number of halogens is 1. The average molecular weight is 365 g/mol. The normalized spacial score (nSPS) is 15.8. The van der Waals surface area contributed by atoms with Gasteiger partial charge in [-0.3, -0.25) is 4.79 Å². The zero-order valence-electron chi connectivity index (χ0n) is 15.8. The zero-order valence-corrected chi connectivity index (χ0v) is 15.8. The maximum atomic E-state index is 13.5. The number of nitrogens with zero attached hydrogens (tertiary/aromatic N) is 1. The summed E-state index contributed by atoms with van der Waals surface area (Å²) in [5.41, 5.74) is 5.10. The fourth-order valence-electron chi connectivity index (χ4n) is 3.60. The first kappa shape index (κ1) is 19.1. The van der Waals surface area contributed by atoms with Crippen molar-refractivity contribution in [3.05, 3.63) is 70.0 Å². The first-order valence-corrected chi connectivity index (χ1v) is 9.24. The molecule has 0 bridgehead atoms. The Hall–Kier alpha value is -2.64. The number of hydrogen-bond donors (Lipinski definition) is 1. The highest BCUT2D eigenvalue weighted by atomic mass is 19.1. The van der Waals surface area contributed by atoms with Gasteiger partial charge in [-0.25, -0.2) is 4.39 Å². The molecule has 0 radical (unpaired) electrons. The minimum Gasteiger partial charge on any atom is -0.481 e. The Morgan fingerprint density at radius 1 is 1.19 bits per heavy atom. The lowest BCUT2D eigenvalue weighted by Crippen LogP contribution is -2.37. The number of aliphatic carboxylic acids is 1. The van der Waals surface area contributed by atoms with E-state index >= 15 is 0 Å². The van der Waals surface area contributed by atoms with Crippen molar-refractivity contribution in [1.82, 2.24) is 4.90 Å². The molecule has 27 heavy (non-hydrogen) atoms. The molecule has 2 aromatic rings. The van der Waals surface area contributed by atoms with E-state index in [1.54, 1.807) is 0 Å². The molecule has 3 nitrogen and oxygen atoms in total. The summed E-state index contributed by atoms with van der Waals surface area (Å²) in [6, 6.07) is 11.5. The van der Waals surface area contributed by atoms with Gasteiger partial charge in [0.1, 0.15) is 5.82 Å². The lowest BCUT2D eigenvalue weighted by Gasteiger charge is -2.32. The van der Waals surface area contributed by atoms with E-state index in [0.29, 0.717) is 18.2 Å². The Bertz CT molecular complexity index is 890. The summed E-state index contributed by atoms with van der Waals surface area (Å²) in [6.07, 6.45) is 3.09. The number of likely N-dealkylation sites (N-methyl/N-ethyl adjacent to an activating group) is 1. The molecule has 1 atom stereocenters. The molecule has 0 amide bonds. The first-order chi connectivity index (χ1) is 12.9. The van der Waals surface area contributed by atoms with Crippen LogP contribution in [0.4, 0.5) is 4.39 Å². The fraction of sp³-hybridized carbons (Fsp3) is 0.348. The van der Waals surface area contributed by atoms with Crippen LogP contribution in [0, 0.1) is 24.6 Å². The SMILES string of the molecule is Cc1cc(F)cc(C#Cc2ccc3c(c2)CCC(N(C)CCC(=O)O)C3)c1. The number of hydrogen-bond acceptors (Lipinski definition) is 2. The van der Waals surface area contributed by atoms with Crippen molar-refractivity contribution in [3.8, 4) is 11.8 Å². The monoisotopic (exact) mass is 365 g/mol. The van der Waals surface area contributed by atoms with E-state index in [9.17, 15) is 9.18 Å². The second-order valence-electron chi connectivity index (χ2n) is 7.27. The second-order valence-corrected chi connectivity index (χ2v) is 7.27. The Kier molecular flexibility index (Phi) is 5.93. The number of carbonyl (C=O) groups is 1. The summed E-state index contributed by atoms with van der Waals surface area (Å²) in [5, 5.41) is 8.85. The van der Waals surface area contributed by atoms with Crippen LogP contribution in [0.2, 0.25) is 0 Å². The van der Waals surface area contributed by atoms with Gasteiger partial charge in [0.25, 0.3) is 0 Å². The highest BCUT2D eigenvalue weighted by Gasteiger charge is 2.22. The summed E-state index contributed by atoms with van der Waals surface area (Å²) in [7, 11) is 2.00. The van der Waals surface area contributed by atoms with Gasteiger partial charge in [-0.2, -0.15) is 0 Å². The number of rotatable bonds is 4. The van der Waals surface area contributed by atoms with Crippen LogP contribution in [-0.4, -0.2) is 35.6 Å². The Balaban J connectivity index is 1.70. The molecular formula is C23H24FNO2. The Morgan fingerprint density at radius 2 is 1.96 bits per heavy atom. The van der Waals surface area contributed by atoms with Crippen molar-refractivity contribution in [2.75, 3.05) is 13.6 Å². The van der Waals surface area contributed by atoms with Crippen LogP contribution in [0.15, 0.2) is 36.4 Å². The van der Waals surface area contributed by atoms with E-state index in [-0.39, 0.29) is 12.2 Å². The van der Waals surface area contributed by atoms with Gasteiger partial charge >= 0.3 is 5.97 Å². The molecule has 2 aromatic carbocycles. The molecule has 0 saturated heterocycles. The quantitative estimate of drug-likeness (QED) is 0.838. The third kappa shape index (κ3) is 5.18. The van der Waals surface area contributed by atoms with Crippen molar-refractivity contribution in [2.24, 2.45) is 0 Å². The van der Waals surface area contributed by atoms with E-state index in [1.807, 2.05) is 26.1 Å². The smallest absolute Gasteiger partial charge is 0.304 e. The van der Waals surface area contributed by atoms with Gasteiger partial charge in [-0.15, -0.1) is 0 Å². The van der Waals surface area contributed by atoms with E-state index in [2.05, 4.69) is 28.9 Å². The first-order valence-electron chi connectivity index (χ1n) is 9.24. The molecule has 0 saturated carbocycles. The van der Waals surface area contributed by atoms with E-state index in [4.69, 9.17) is 5.11 Å². The molecule has 0 fully saturated rings. The number of benzene rings is 2.